The molecule has 0 fully saturated rings. The molecule has 0 aliphatic heterocycles. The average Bonchev–Trinajstić information content (AvgIpc) is 3.71. The minimum Gasteiger partial charge on any atom is -0.456 e. The Hall–Kier alpha value is -6.39. The van der Waals surface area contributed by atoms with Gasteiger partial charge in [-0.1, -0.05) is 145 Å². The van der Waals surface area contributed by atoms with Crippen molar-refractivity contribution in [3.8, 4) is 56.4 Å². The second kappa shape index (κ2) is 11.2. The molecule has 0 aliphatic rings. The normalized spacial score (nSPS) is 16.8. The van der Waals surface area contributed by atoms with Crippen molar-refractivity contribution in [2.24, 2.45) is 0 Å². The van der Waals surface area contributed by atoms with E-state index < -0.39 is 125 Å². The molecule has 0 saturated carbocycles. The summed E-state index contributed by atoms with van der Waals surface area (Å²) in [7, 11) is 0. The zero-order valence-corrected chi connectivity index (χ0v) is 23.9. The fraction of sp³-hybridized carbons (Fsp3) is 0. The van der Waals surface area contributed by atoms with Crippen LogP contribution in [0.25, 0.3) is 89.1 Å². The van der Waals surface area contributed by atoms with Crippen LogP contribution in [-0.2, 0) is 0 Å². The highest BCUT2D eigenvalue weighted by molar-refractivity contribution is 6.12. The van der Waals surface area contributed by atoms with Gasteiger partial charge in [-0.3, -0.25) is 0 Å². The van der Waals surface area contributed by atoms with Crippen LogP contribution in [0.1, 0.15) is 24.7 Å². The van der Waals surface area contributed by atoms with Crippen molar-refractivity contribution < 1.29 is 29.1 Å². The van der Waals surface area contributed by atoms with Gasteiger partial charge < -0.3 is 4.42 Å². The third-order valence-corrected chi connectivity index (χ3v) is 7.46. The minimum absolute atomic E-state index is 0.0179. The van der Waals surface area contributed by atoms with Crippen LogP contribution in [0, 0.1) is 0 Å². The van der Waals surface area contributed by atoms with Gasteiger partial charge in [0.2, 0.25) is 0 Å². The number of furan rings is 1. The Morgan fingerprint density at radius 3 is 1.91 bits per heavy atom. The second-order valence-electron chi connectivity index (χ2n) is 10.3. The first-order chi connectivity index (χ1) is 30.8. The summed E-state index contributed by atoms with van der Waals surface area (Å²) in [4.78, 5) is 14.0. The van der Waals surface area contributed by atoms with Crippen LogP contribution in [0.4, 0.5) is 0 Å². The number of nitrogens with zero attached hydrogens (tertiary/aromatic N) is 3. The molecule has 0 atom stereocenters. The Bertz CT molecular complexity index is 3550. The summed E-state index contributed by atoms with van der Waals surface area (Å²) in [6, 6.07) is 3.52. The third kappa shape index (κ3) is 4.84. The highest BCUT2D eigenvalue weighted by atomic mass is 16.3. The molecule has 0 N–H and O–H groups in total. The molecule has 0 amide bonds. The number of rotatable bonds is 5. The predicted molar refractivity (Wildman–Crippen MR) is 192 cm³/mol. The average molecular weight is 620 g/mol. The van der Waals surface area contributed by atoms with Crippen LogP contribution in [0.5, 0.6) is 0 Å². The van der Waals surface area contributed by atoms with Crippen molar-refractivity contribution in [3.63, 3.8) is 0 Å². The zero-order chi connectivity index (χ0) is 46.8. The first-order valence-electron chi connectivity index (χ1n) is 23.2. The molecule has 0 radical (unpaired) electrons. The molecule has 220 valence electrons. The molecule has 7 aromatic carbocycles. The molecular weight excluding hydrogens is 574 g/mol. The van der Waals surface area contributed by atoms with Crippen molar-refractivity contribution in [3.05, 3.63) is 163 Å². The van der Waals surface area contributed by atoms with E-state index in [0.717, 1.165) is 0 Å². The third-order valence-electron chi connectivity index (χ3n) is 7.46. The fourth-order valence-corrected chi connectivity index (χ4v) is 5.27. The molecule has 0 bridgehead atoms. The van der Waals surface area contributed by atoms with Crippen LogP contribution in [0.15, 0.2) is 168 Å². The van der Waals surface area contributed by atoms with Gasteiger partial charge in [-0.05, 0) is 51.2 Å². The van der Waals surface area contributed by atoms with Crippen LogP contribution in [0.3, 0.4) is 0 Å². The molecule has 0 saturated heterocycles. The predicted octanol–water partition coefficient (Wildman–Crippen LogP) is 11.3. The summed E-state index contributed by atoms with van der Waals surface area (Å²) in [5.41, 5.74) is -0.679. The van der Waals surface area contributed by atoms with E-state index in [4.69, 9.17) is 31.3 Å². The molecule has 47 heavy (non-hydrogen) atoms. The van der Waals surface area contributed by atoms with E-state index in [9.17, 15) is 2.74 Å². The highest BCUT2D eigenvalue weighted by Crippen LogP contribution is 2.37. The van der Waals surface area contributed by atoms with Gasteiger partial charge in [0, 0.05) is 27.5 Å². The second-order valence-corrected chi connectivity index (χ2v) is 10.3. The Morgan fingerprint density at radius 1 is 0.426 bits per heavy atom. The molecule has 4 nitrogen and oxygen atoms in total. The van der Waals surface area contributed by atoms with E-state index in [2.05, 4.69) is 9.97 Å². The van der Waals surface area contributed by atoms with Gasteiger partial charge in [0.1, 0.15) is 11.2 Å². The number of para-hydroxylation sites is 1. The van der Waals surface area contributed by atoms with Gasteiger partial charge in [-0.25, -0.2) is 15.0 Å². The first kappa shape index (κ1) is 14.4. The molecule has 9 aromatic rings. The number of benzene rings is 7. The molecule has 0 aliphatic carbocycles. The van der Waals surface area contributed by atoms with Gasteiger partial charge >= 0.3 is 0 Å². The summed E-state index contributed by atoms with van der Waals surface area (Å²) in [6.45, 7) is 0. The molecular formula is C43H27N3O. The molecule has 4 heteroatoms. The number of hydrogen-bond donors (Lipinski definition) is 0. The molecule has 0 unspecified atom stereocenters. The highest BCUT2D eigenvalue weighted by Gasteiger charge is 2.16. The van der Waals surface area contributed by atoms with Crippen LogP contribution in [0.2, 0.25) is 0 Å². The number of fused-ring (bicyclic) bond motifs is 4. The standard InChI is InChI=1S/C43H27N3O/c1-3-11-28(12-4-1)32-25-26-34-33(27-32)15-9-18-36(34)43-45-41(30-13-5-2-6-14-30)44-42(46-43)31-23-21-29(22-24-31)35-17-10-20-39-40(35)37-16-7-8-19-38(37)47-39/h1-27H/i1D,3D,4D,7D,8D,9D,10D,11D,12D,15D,16D,17D,18D,19D,20D,25D,26D,27D. The largest absolute Gasteiger partial charge is 0.456 e. The lowest BCUT2D eigenvalue weighted by atomic mass is 9.98. The van der Waals surface area contributed by atoms with E-state index in [1.807, 2.05) is 0 Å². The van der Waals surface area contributed by atoms with Gasteiger partial charge in [0.05, 0.1) is 24.7 Å². The lowest BCUT2D eigenvalue weighted by Gasteiger charge is -2.12. The lowest BCUT2D eigenvalue weighted by Crippen LogP contribution is -2.00. The Balaban J connectivity index is 1.29. The summed E-state index contributed by atoms with van der Waals surface area (Å²) in [5.74, 6) is -0.249. The smallest absolute Gasteiger partial charge is 0.164 e. The van der Waals surface area contributed by atoms with E-state index in [-0.39, 0.29) is 55.9 Å². The molecule has 9 rings (SSSR count). The minimum atomic E-state index is -0.745. The zero-order valence-electron chi connectivity index (χ0n) is 41.9. The van der Waals surface area contributed by atoms with Gasteiger partial charge in [0.15, 0.2) is 17.5 Å². The fourth-order valence-electron chi connectivity index (χ4n) is 5.27. The SMILES string of the molecule is [2H]c1c([2H])c([2H])c(-c2c([2H])c([2H])c3c(-c4nc(-c5ccccc5)nc(-c5ccc(-c6c([2H])c([2H])c([2H])c7oc8c([2H])c([2H])c([2H])c([2H])c8c67)cc5)n4)c([2H])c([2H])c([2H])c3c2[2H])c([2H])c1[2H]. The van der Waals surface area contributed by atoms with Crippen molar-refractivity contribution in [2.45, 2.75) is 0 Å². The first-order valence-corrected chi connectivity index (χ1v) is 14.2. The van der Waals surface area contributed by atoms with Crippen molar-refractivity contribution in [1.29, 1.82) is 0 Å². The van der Waals surface area contributed by atoms with Crippen LogP contribution >= 0.6 is 0 Å². The van der Waals surface area contributed by atoms with E-state index >= 15 is 0 Å². The molecule has 0 spiro atoms. The van der Waals surface area contributed by atoms with Crippen LogP contribution < -0.4 is 0 Å². The van der Waals surface area contributed by atoms with Gasteiger partial charge in [-0.15, -0.1) is 0 Å². The molecule has 2 heterocycles. The topological polar surface area (TPSA) is 51.8 Å². The molecule has 2 aromatic heterocycles. The summed E-state index contributed by atoms with van der Waals surface area (Å²) in [6.07, 6.45) is 0. The quantitative estimate of drug-likeness (QED) is 0.192. The van der Waals surface area contributed by atoms with E-state index in [1.165, 1.54) is 0 Å². The van der Waals surface area contributed by atoms with E-state index in [1.54, 1.807) is 54.6 Å². The van der Waals surface area contributed by atoms with Gasteiger partial charge in [0.25, 0.3) is 0 Å². The van der Waals surface area contributed by atoms with Crippen LogP contribution in [-0.4, -0.2) is 15.0 Å². The van der Waals surface area contributed by atoms with Gasteiger partial charge in [-0.2, -0.15) is 0 Å². The summed E-state index contributed by atoms with van der Waals surface area (Å²) in [5, 5.41) is -0.775. The number of hydrogen-bond acceptors (Lipinski definition) is 4. The van der Waals surface area contributed by atoms with Crippen molar-refractivity contribution >= 4 is 32.7 Å². The maximum absolute atomic E-state index is 9.24. The Labute approximate surface area is 297 Å². The monoisotopic (exact) mass is 619 g/mol. The summed E-state index contributed by atoms with van der Waals surface area (Å²) < 4.78 is 161. The maximum atomic E-state index is 9.24. The van der Waals surface area contributed by atoms with Crippen molar-refractivity contribution in [1.82, 2.24) is 15.0 Å². The van der Waals surface area contributed by atoms with E-state index in [0.29, 0.717) is 16.7 Å². The summed E-state index contributed by atoms with van der Waals surface area (Å²) >= 11 is 0. The number of aromatic nitrogens is 3. The maximum Gasteiger partial charge on any atom is 0.164 e. The Morgan fingerprint density at radius 2 is 1.09 bits per heavy atom. The Kier molecular flexibility index (Phi) is 3.42. The lowest BCUT2D eigenvalue weighted by molar-refractivity contribution is 0.669. The van der Waals surface area contributed by atoms with Crippen molar-refractivity contribution in [2.75, 3.05) is 0 Å².